The number of carbonyl (C=O) groups is 2. The van der Waals surface area contributed by atoms with Crippen molar-refractivity contribution in [2.75, 3.05) is 6.54 Å². The predicted octanol–water partition coefficient (Wildman–Crippen LogP) is 2.15. The van der Waals surface area contributed by atoms with Crippen molar-refractivity contribution in [3.8, 4) is 0 Å². The van der Waals surface area contributed by atoms with Crippen LogP contribution in [0.15, 0.2) is 45.6 Å². The molecule has 6 nitrogen and oxygen atoms in total. The Hall–Kier alpha value is -2.15. The fourth-order valence-corrected chi connectivity index (χ4v) is 3.53. The van der Waals surface area contributed by atoms with Crippen molar-refractivity contribution < 1.29 is 18.4 Å². The zero-order valence-electron chi connectivity index (χ0n) is 12.0. The summed E-state index contributed by atoms with van der Waals surface area (Å²) >= 11 is 1.48. The summed E-state index contributed by atoms with van der Waals surface area (Å²) in [7, 11) is 0. The summed E-state index contributed by atoms with van der Waals surface area (Å²) in [5.41, 5.74) is 0. The van der Waals surface area contributed by atoms with Gasteiger partial charge in [-0.3, -0.25) is 9.59 Å². The van der Waals surface area contributed by atoms with Crippen LogP contribution < -0.4 is 5.32 Å². The van der Waals surface area contributed by atoms with E-state index in [1.807, 2.05) is 13.0 Å². The van der Waals surface area contributed by atoms with Gasteiger partial charge in [-0.15, -0.1) is 11.8 Å². The first-order valence-corrected chi connectivity index (χ1v) is 7.88. The summed E-state index contributed by atoms with van der Waals surface area (Å²) in [6.45, 7) is 2.15. The van der Waals surface area contributed by atoms with Gasteiger partial charge >= 0.3 is 0 Å². The van der Waals surface area contributed by atoms with Gasteiger partial charge in [0.15, 0.2) is 0 Å². The number of hydrogen-bond acceptors (Lipinski definition) is 5. The third-order valence-electron chi connectivity index (χ3n) is 3.39. The van der Waals surface area contributed by atoms with Gasteiger partial charge in [0, 0.05) is 0 Å². The van der Waals surface area contributed by atoms with Crippen molar-refractivity contribution in [2.24, 2.45) is 0 Å². The molecule has 22 heavy (non-hydrogen) atoms. The molecular formula is C15H16N2O4S. The first kappa shape index (κ1) is 14.8. The molecule has 3 heterocycles. The Balaban J connectivity index is 1.63. The van der Waals surface area contributed by atoms with Crippen LogP contribution >= 0.6 is 11.8 Å². The topological polar surface area (TPSA) is 75.7 Å². The number of hydrogen-bond donors (Lipinski definition) is 1. The predicted molar refractivity (Wildman–Crippen MR) is 80.8 cm³/mol. The summed E-state index contributed by atoms with van der Waals surface area (Å²) < 4.78 is 10.5. The molecule has 0 unspecified atom stereocenters. The Morgan fingerprint density at radius 2 is 2.09 bits per heavy atom. The monoisotopic (exact) mass is 320 g/mol. The van der Waals surface area contributed by atoms with Gasteiger partial charge in [0.05, 0.1) is 24.3 Å². The van der Waals surface area contributed by atoms with E-state index in [1.165, 1.54) is 11.8 Å². The summed E-state index contributed by atoms with van der Waals surface area (Å²) in [6.07, 6.45) is 3.12. The highest BCUT2D eigenvalue weighted by atomic mass is 32.2. The molecule has 0 aromatic carbocycles. The van der Waals surface area contributed by atoms with E-state index < -0.39 is 0 Å². The first-order valence-electron chi connectivity index (χ1n) is 6.93. The summed E-state index contributed by atoms with van der Waals surface area (Å²) in [5.74, 6) is 1.07. The van der Waals surface area contributed by atoms with Gasteiger partial charge in [-0.2, -0.15) is 0 Å². The van der Waals surface area contributed by atoms with Crippen molar-refractivity contribution in [3.05, 3.63) is 48.3 Å². The van der Waals surface area contributed by atoms with E-state index in [-0.39, 0.29) is 29.0 Å². The average molecular weight is 320 g/mol. The number of carbonyl (C=O) groups excluding carboxylic acids is 2. The minimum absolute atomic E-state index is 0.00223. The highest BCUT2D eigenvalue weighted by Gasteiger charge is 2.40. The molecule has 1 saturated heterocycles. The molecule has 2 aromatic rings. The van der Waals surface area contributed by atoms with Gasteiger partial charge in [-0.25, -0.2) is 0 Å². The minimum atomic E-state index is -0.258. The largest absolute Gasteiger partial charge is 0.467 e. The molecule has 0 spiro atoms. The van der Waals surface area contributed by atoms with Crippen molar-refractivity contribution >= 4 is 23.6 Å². The van der Waals surface area contributed by atoms with E-state index in [1.54, 1.807) is 35.6 Å². The van der Waals surface area contributed by atoms with Crippen LogP contribution in [0.25, 0.3) is 0 Å². The Kier molecular flexibility index (Phi) is 4.24. The molecule has 0 saturated carbocycles. The number of nitrogens with one attached hydrogen (secondary N) is 1. The Morgan fingerprint density at radius 1 is 1.32 bits per heavy atom. The molecule has 7 heteroatoms. The Labute approximate surface area is 131 Å². The van der Waals surface area contributed by atoms with E-state index in [0.717, 1.165) is 0 Å². The molecule has 0 bridgehead atoms. The molecule has 0 radical (unpaired) electrons. The lowest BCUT2D eigenvalue weighted by molar-refractivity contribution is -0.135. The quantitative estimate of drug-likeness (QED) is 0.913. The van der Waals surface area contributed by atoms with Gasteiger partial charge in [0.25, 0.3) is 0 Å². The van der Waals surface area contributed by atoms with Crippen molar-refractivity contribution in [1.82, 2.24) is 10.2 Å². The maximum Gasteiger partial charge on any atom is 0.240 e. The van der Waals surface area contributed by atoms with E-state index in [9.17, 15) is 9.59 Å². The van der Waals surface area contributed by atoms with Crippen LogP contribution in [-0.4, -0.2) is 28.5 Å². The van der Waals surface area contributed by atoms with Crippen molar-refractivity contribution in [2.45, 2.75) is 24.1 Å². The third kappa shape index (κ3) is 3.04. The molecule has 1 aliphatic rings. The average Bonchev–Trinajstić information content (AvgIpc) is 3.23. The third-order valence-corrected chi connectivity index (χ3v) is 4.74. The standard InChI is InChI=1S/C15H16N2O4S/c1-10-14(19)17(15(22-10)12-5-3-7-21-12)9-13(18)16-8-11-4-2-6-20-11/h2-7,10,15H,8-9H2,1H3,(H,16,18)/t10-,15-/m1/s1. The second-order valence-corrected chi connectivity index (χ2v) is 6.39. The van der Waals surface area contributed by atoms with Gasteiger partial charge < -0.3 is 19.1 Å². The lowest BCUT2D eigenvalue weighted by Gasteiger charge is -2.21. The van der Waals surface area contributed by atoms with Crippen LogP contribution in [0, 0.1) is 0 Å². The Morgan fingerprint density at radius 3 is 2.77 bits per heavy atom. The maximum absolute atomic E-state index is 12.2. The number of thioether (sulfide) groups is 1. The fraction of sp³-hybridized carbons (Fsp3) is 0.333. The van der Waals surface area contributed by atoms with E-state index >= 15 is 0 Å². The molecule has 1 aliphatic heterocycles. The highest BCUT2D eigenvalue weighted by Crippen LogP contribution is 2.42. The van der Waals surface area contributed by atoms with Crippen molar-refractivity contribution in [3.63, 3.8) is 0 Å². The van der Waals surface area contributed by atoms with Gasteiger partial charge in [0.1, 0.15) is 23.4 Å². The number of furan rings is 2. The van der Waals surface area contributed by atoms with Crippen LogP contribution in [0.4, 0.5) is 0 Å². The van der Waals surface area contributed by atoms with E-state index in [0.29, 0.717) is 18.1 Å². The summed E-state index contributed by atoms with van der Waals surface area (Å²) in [6, 6.07) is 7.14. The lowest BCUT2D eigenvalue weighted by atomic mass is 10.3. The van der Waals surface area contributed by atoms with Crippen LogP contribution in [0.5, 0.6) is 0 Å². The van der Waals surface area contributed by atoms with Gasteiger partial charge in [0.2, 0.25) is 11.8 Å². The second kappa shape index (κ2) is 6.31. The molecule has 0 aliphatic carbocycles. The molecule has 3 rings (SSSR count). The molecular weight excluding hydrogens is 304 g/mol. The van der Waals surface area contributed by atoms with Crippen LogP contribution in [0.3, 0.4) is 0 Å². The number of nitrogens with zero attached hydrogens (tertiary/aromatic N) is 1. The van der Waals surface area contributed by atoms with Crippen LogP contribution in [0.2, 0.25) is 0 Å². The molecule has 2 aromatic heterocycles. The number of amides is 2. The molecule has 2 amide bonds. The van der Waals surface area contributed by atoms with Crippen LogP contribution in [-0.2, 0) is 16.1 Å². The molecule has 2 atom stereocenters. The second-order valence-electron chi connectivity index (χ2n) is 4.97. The SMILES string of the molecule is C[C@H]1S[C@H](c2ccco2)N(CC(=O)NCc2ccco2)C1=O. The molecule has 1 fully saturated rings. The maximum atomic E-state index is 12.2. The fourth-order valence-electron chi connectivity index (χ4n) is 2.30. The minimum Gasteiger partial charge on any atom is -0.467 e. The van der Waals surface area contributed by atoms with Gasteiger partial charge in [-0.05, 0) is 31.2 Å². The van der Waals surface area contributed by atoms with E-state index in [4.69, 9.17) is 8.83 Å². The number of rotatable bonds is 5. The zero-order valence-corrected chi connectivity index (χ0v) is 12.8. The van der Waals surface area contributed by atoms with E-state index in [2.05, 4.69) is 5.32 Å². The first-order chi connectivity index (χ1) is 10.6. The van der Waals surface area contributed by atoms with Gasteiger partial charge in [-0.1, -0.05) is 0 Å². The summed E-state index contributed by atoms with van der Waals surface area (Å²) in [5, 5.41) is 2.30. The summed E-state index contributed by atoms with van der Waals surface area (Å²) in [4.78, 5) is 25.9. The van der Waals surface area contributed by atoms with Crippen LogP contribution in [0.1, 0.15) is 23.8 Å². The molecule has 1 N–H and O–H groups in total. The highest BCUT2D eigenvalue weighted by molar-refractivity contribution is 8.01. The Bertz CT molecular complexity index is 639. The normalized spacial score (nSPS) is 21.3. The lowest BCUT2D eigenvalue weighted by Crippen LogP contribution is -2.39. The molecule has 116 valence electrons. The zero-order chi connectivity index (χ0) is 15.5. The smallest absolute Gasteiger partial charge is 0.240 e. The van der Waals surface area contributed by atoms with Crippen molar-refractivity contribution in [1.29, 1.82) is 0 Å².